The van der Waals surface area contributed by atoms with Crippen LogP contribution in [0.5, 0.6) is 5.75 Å². The number of pyridine rings is 1. The second kappa shape index (κ2) is 5.16. The zero-order valence-electron chi connectivity index (χ0n) is 10.3. The number of hydrogen-bond acceptors (Lipinski definition) is 4. The van der Waals surface area contributed by atoms with E-state index in [1.807, 2.05) is 30.3 Å². The predicted octanol–water partition coefficient (Wildman–Crippen LogP) is 3.24. The Labute approximate surface area is 119 Å². The molecule has 0 unspecified atom stereocenters. The minimum Gasteiger partial charge on any atom is -0.506 e. The van der Waals surface area contributed by atoms with Crippen molar-refractivity contribution in [3.05, 3.63) is 59.1 Å². The molecule has 1 N–H and O–H groups in total. The van der Waals surface area contributed by atoms with Gasteiger partial charge in [-0.1, -0.05) is 24.1 Å². The number of ketones is 1. The van der Waals surface area contributed by atoms with Gasteiger partial charge in [0.05, 0.1) is 5.39 Å². The van der Waals surface area contributed by atoms with Crippen molar-refractivity contribution in [3.8, 4) is 17.6 Å². The van der Waals surface area contributed by atoms with Gasteiger partial charge in [-0.3, -0.25) is 4.79 Å². The predicted molar refractivity (Wildman–Crippen MR) is 78.9 cm³/mol. The van der Waals surface area contributed by atoms with Crippen LogP contribution < -0.4 is 0 Å². The summed E-state index contributed by atoms with van der Waals surface area (Å²) in [5, 5.41) is 10.6. The molecule has 0 atom stereocenters. The van der Waals surface area contributed by atoms with Crippen LogP contribution in [0.4, 0.5) is 0 Å². The van der Waals surface area contributed by atoms with E-state index in [-0.39, 0.29) is 10.6 Å². The molecule has 0 bridgehead atoms. The van der Waals surface area contributed by atoms with Gasteiger partial charge in [0, 0.05) is 11.8 Å². The Balaban J connectivity index is 1.98. The van der Waals surface area contributed by atoms with E-state index in [0.29, 0.717) is 10.2 Å². The average Bonchev–Trinajstić information content (AvgIpc) is 2.84. The lowest BCUT2D eigenvalue weighted by molar-refractivity contribution is 0.105. The number of aromatic hydroxyl groups is 1. The standard InChI is InChI=1S/C16H9NO2S/c18-13(9-8-11-5-2-1-3-6-11)15-14(19)12-7-4-10-17-16(12)20-15/h1-7,10,19H. The highest BCUT2D eigenvalue weighted by Gasteiger charge is 2.16. The summed E-state index contributed by atoms with van der Waals surface area (Å²) in [6, 6.07) is 12.7. The van der Waals surface area contributed by atoms with Crippen molar-refractivity contribution in [2.45, 2.75) is 0 Å². The first-order chi connectivity index (χ1) is 9.75. The largest absolute Gasteiger partial charge is 0.506 e. The number of thiophene rings is 1. The number of hydrogen-bond donors (Lipinski definition) is 1. The monoisotopic (exact) mass is 279 g/mol. The van der Waals surface area contributed by atoms with Gasteiger partial charge in [-0.05, 0) is 30.2 Å². The summed E-state index contributed by atoms with van der Waals surface area (Å²) < 4.78 is 0. The fourth-order valence-corrected chi connectivity index (χ4v) is 2.71. The van der Waals surface area contributed by atoms with Gasteiger partial charge in [-0.15, -0.1) is 11.3 Å². The topological polar surface area (TPSA) is 50.2 Å². The number of nitrogens with zero attached hydrogens (tertiary/aromatic N) is 1. The first kappa shape index (κ1) is 12.4. The number of Topliss-reactive ketones (excluding diaryl/α,β-unsaturated/α-hetero) is 1. The summed E-state index contributed by atoms with van der Waals surface area (Å²) in [7, 11) is 0. The molecular weight excluding hydrogens is 270 g/mol. The number of benzene rings is 1. The van der Waals surface area contributed by atoms with Gasteiger partial charge >= 0.3 is 0 Å². The fourth-order valence-electron chi connectivity index (χ4n) is 1.78. The molecule has 3 aromatic rings. The van der Waals surface area contributed by atoms with Gasteiger partial charge in [0.1, 0.15) is 15.5 Å². The number of carbonyl (C=O) groups is 1. The third-order valence-corrected chi connectivity index (χ3v) is 3.84. The third kappa shape index (κ3) is 2.27. The molecule has 3 nitrogen and oxygen atoms in total. The molecule has 96 valence electrons. The molecule has 1 aromatic carbocycles. The summed E-state index contributed by atoms with van der Waals surface area (Å²) in [4.78, 5) is 17.1. The SMILES string of the molecule is O=C(C#Cc1ccccc1)c1sc2ncccc2c1O. The van der Waals surface area contributed by atoms with Gasteiger partial charge < -0.3 is 5.11 Å². The zero-order valence-corrected chi connectivity index (χ0v) is 11.1. The number of fused-ring (bicyclic) bond motifs is 1. The van der Waals surface area contributed by atoms with Crippen LogP contribution in [0.3, 0.4) is 0 Å². The summed E-state index contributed by atoms with van der Waals surface area (Å²) in [6.45, 7) is 0. The van der Waals surface area contributed by atoms with Crippen LogP contribution in [0.15, 0.2) is 48.7 Å². The quantitative estimate of drug-likeness (QED) is 0.549. The smallest absolute Gasteiger partial charge is 0.250 e. The van der Waals surface area contributed by atoms with Crippen LogP contribution in [0.1, 0.15) is 15.2 Å². The first-order valence-electron chi connectivity index (χ1n) is 5.93. The maximum absolute atomic E-state index is 12.1. The van der Waals surface area contributed by atoms with Gasteiger partial charge in [0.15, 0.2) is 0 Å². The van der Waals surface area contributed by atoms with Crippen molar-refractivity contribution < 1.29 is 9.90 Å². The fraction of sp³-hybridized carbons (Fsp3) is 0. The Kier molecular flexibility index (Phi) is 3.20. The van der Waals surface area contributed by atoms with Crippen LogP contribution >= 0.6 is 11.3 Å². The van der Waals surface area contributed by atoms with Gasteiger partial charge in [0.2, 0.25) is 5.78 Å². The molecule has 0 saturated heterocycles. The van der Waals surface area contributed by atoms with Gasteiger partial charge in [-0.2, -0.15) is 0 Å². The normalized spacial score (nSPS) is 10.0. The molecule has 0 aliphatic rings. The van der Waals surface area contributed by atoms with Crippen LogP contribution in [0.25, 0.3) is 10.2 Å². The van der Waals surface area contributed by atoms with E-state index in [1.165, 1.54) is 0 Å². The lowest BCUT2D eigenvalue weighted by Crippen LogP contribution is -1.91. The van der Waals surface area contributed by atoms with Gasteiger partial charge in [0.25, 0.3) is 0 Å². The van der Waals surface area contributed by atoms with Crippen molar-refractivity contribution in [2.75, 3.05) is 0 Å². The van der Waals surface area contributed by atoms with Crippen LogP contribution in [0.2, 0.25) is 0 Å². The molecule has 3 rings (SSSR count). The highest BCUT2D eigenvalue weighted by Crippen LogP contribution is 2.35. The van der Waals surface area contributed by atoms with E-state index in [1.54, 1.807) is 18.3 Å². The summed E-state index contributed by atoms with van der Waals surface area (Å²) in [5.74, 6) is 4.91. The molecule has 0 fully saturated rings. The van der Waals surface area contributed by atoms with Crippen LogP contribution in [0, 0.1) is 11.8 Å². The van der Waals surface area contributed by atoms with E-state index in [2.05, 4.69) is 16.8 Å². The molecule has 0 aliphatic heterocycles. The highest BCUT2D eigenvalue weighted by molar-refractivity contribution is 7.21. The second-order valence-electron chi connectivity index (χ2n) is 4.08. The summed E-state index contributed by atoms with van der Waals surface area (Å²) >= 11 is 1.15. The molecule has 0 saturated carbocycles. The van der Waals surface area contributed by atoms with Crippen molar-refractivity contribution in [3.63, 3.8) is 0 Å². The lowest BCUT2D eigenvalue weighted by Gasteiger charge is -1.90. The highest BCUT2D eigenvalue weighted by atomic mass is 32.1. The summed E-state index contributed by atoms with van der Waals surface area (Å²) in [5.41, 5.74) is 0.763. The number of rotatable bonds is 1. The maximum atomic E-state index is 12.1. The van der Waals surface area contributed by atoms with E-state index >= 15 is 0 Å². The Hall–Kier alpha value is -2.64. The Morgan fingerprint density at radius 1 is 1.15 bits per heavy atom. The molecule has 4 heteroatoms. The van der Waals surface area contributed by atoms with Crippen molar-refractivity contribution in [2.24, 2.45) is 0 Å². The van der Waals surface area contributed by atoms with Crippen molar-refractivity contribution in [1.29, 1.82) is 0 Å². The van der Waals surface area contributed by atoms with Crippen molar-refractivity contribution in [1.82, 2.24) is 4.98 Å². The minimum absolute atomic E-state index is 0.0366. The average molecular weight is 279 g/mol. The lowest BCUT2D eigenvalue weighted by atomic mass is 10.2. The third-order valence-electron chi connectivity index (χ3n) is 2.74. The molecule has 0 aliphatic carbocycles. The summed E-state index contributed by atoms with van der Waals surface area (Å²) in [6.07, 6.45) is 1.63. The Morgan fingerprint density at radius 2 is 1.95 bits per heavy atom. The number of carbonyl (C=O) groups excluding carboxylic acids is 1. The molecule has 0 radical (unpaired) electrons. The van der Waals surface area contributed by atoms with Crippen molar-refractivity contribution >= 4 is 27.3 Å². The first-order valence-corrected chi connectivity index (χ1v) is 6.75. The maximum Gasteiger partial charge on any atom is 0.250 e. The second-order valence-corrected chi connectivity index (χ2v) is 5.08. The Morgan fingerprint density at radius 3 is 2.70 bits per heavy atom. The van der Waals surface area contributed by atoms with E-state index in [0.717, 1.165) is 16.9 Å². The van der Waals surface area contributed by atoms with Crippen LogP contribution in [-0.4, -0.2) is 15.9 Å². The molecule has 0 amide bonds. The molecule has 0 spiro atoms. The zero-order chi connectivity index (χ0) is 13.9. The van der Waals surface area contributed by atoms with E-state index in [9.17, 15) is 9.90 Å². The molecule has 2 aromatic heterocycles. The number of aromatic nitrogens is 1. The molecule has 20 heavy (non-hydrogen) atoms. The van der Waals surface area contributed by atoms with E-state index < -0.39 is 5.78 Å². The molecular formula is C16H9NO2S. The molecule has 2 heterocycles. The van der Waals surface area contributed by atoms with Gasteiger partial charge in [-0.25, -0.2) is 4.98 Å². The Bertz CT molecular complexity index is 841. The minimum atomic E-state index is -0.394. The van der Waals surface area contributed by atoms with Crippen LogP contribution in [-0.2, 0) is 0 Å². The van der Waals surface area contributed by atoms with E-state index in [4.69, 9.17) is 0 Å².